The number of carbonyl (C=O) groups excluding carboxylic acids is 1. The second-order valence-electron chi connectivity index (χ2n) is 8.68. The van der Waals surface area contributed by atoms with Gasteiger partial charge in [0, 0.05) is 35.9 Å². The molecule has 0 atom stereocenters. The molecule has 6 rings (SSSR count). The van der Waals surface area contributed by atoms with Crippen molar-refractivity contribution in [3.63, 3.8) is 0 Å². The Morgan fingerprint density at radius 1 is 1.00 bits per heavy atom. The molecule has 34 heavy (non-hydrogen) atoms. The van der Waals surface area contributed by atoms with E-state index < -0.39 is 0 Å². The van der Waals surface area contributed by atoms with Crippen molar-refractivity contribution in [2.75, 3.05) is 18.4 Å². The van der Waals surface area contributed by atoms with Crippen LogP contribution in [0.25, 0.3) is 16.6 Å². The predicted octanol–water partition coefficient (Wildman–Crippen LogP) is 5.56. The number of para-hydroxylation sites is 1. The highest BCUT2D eigenvalue weighted by Crippen LogP contribution is 2.34. The van der Waals surface area contributed by atoms with Gasteiger partial charge in [0.05, 0.1) is 5.69 Å². The van der Waals surface area contributed by atoms with Gasteiger partial charge < -0.3 is 19.9 Å². The van der Waals surface area contributed by atoms with Gasteiger partial charge >= 0.3 is 6.03 Å². The van der Waals surface area contributed by atoms with Crippen LogP contribution in [0.5, 0.6) is 11.5 Å². The summed E-state index contributed by atoms with van der Waals surface area (Å²) in [6.07, 6.45) is 7.84. The summed E-state index contributed by atoms with van der Waals surface area (Å²) < 4.78 is 5.88. The second-order valence-corrected chi connectivity index (χ2v) is 8.68. The molecule has 3 heterocycles. The van der Waals surface area contributed by atoms with Crippen LogP contribution in [0.15, 0.2) is 67.0 Å². The molecule has 2 aromatic heterocycles. The molecule has 0 bridgehead atoms. The van der Waals surface area contributed by atoms with Crippen molar-refractivity contribution < 1.29 is 9.53 Å². The smallest absolute Gasteiger partial charge is 0.322 e. The Morgan fingerprint density at radius 2 is 1.88 bits per heavy atom. The number of aryl methyl sites for hydroxylation is 2. The summed E-state index contributed by atoms with van der Waals surface area (Å²) in [5.74, 6) is 1.43. The molecular weight excluding hydrogens is 426 g/mol. The van der Waals surface area contributed by atoms with E-state index in [0.29, 0.717) is 24.5 Å². The van der Waals surface area contributed by atoms with E-state index in [2.05, 4.69) is 26.3 Å². The van der Waals surface area contributed by atoms with Crippen molar-refractivity contribution in [1.29, 1.82) is 0 Å². The molecule has 0 unspecified atom stereocenters. The monoisotopic (exact) mass is 451 g/mol. The number of hydrogen-bond donors (Lipinski definition) is 2. The minimum Gasteiger partial charge on any atom is -0.457 e. The number of aromatic amines is 1. The lowest BCUT2D eigenvalue weighted by atomic mass is 10.00. The molecule has 2 N–H and O–H groups in total. The zero-order chi connectivity index (χ0) is 22.9. The van der Waals surface area contributed by atoms with Gasteiger partial charge in [-0.3, -0.25) is 0 Å². The van der Waals surface area contributed by atoms with E-state index in [1.165, 1.54) is 23.3 Å². The maximum atomic E-state index is 12.9. The third kappa shape index (κ3) is 3.90. The van der Waals surface area contributed by atoms with Crippen LogP contribution in [0.2, 0.25) is 0 Å². The third-order valence-electron chi connectivity index (χ3n) is 6.50. The Kier molecular flexibility index (Phi) is 5.22. The average Bonchev–Trinajstić information content (AvgIpc) is 3.46. The Hall–Kier alpha value is -4.13. The van der Waals surface area contributed by atoms with Crippen molar-refractivity contribution in [1.82, 2.24) is 19.9 Å². The van der Waals surface area contributed by atoms with Crippen molar-refractivity contribution in [2.45, 2.75) is 25.7 Å². The van der Waals surface area contributed by atoms with Gasteiger partial charge in [-0.2, -0.15) is 0 Å². The quantitative estimate of drug-likeness (QED) is 0.426. The van der Waals surface area contributed by atoms with E-state index in [4.69, 9.17) is 4.74 Å². The molecule has 0 radical (unpaired) electrons. The summed E-state index contributed by atoms with van der Waals surface area (Å²) in [5, 5.41) is 4.16. The Balaban J connectivity index is 1.15. The molecule has 0 saturated heterocycles. The summed E-state index contributed by atoms with van der Waals surface area (Å²) in [6.45, 7) is 1.18. The summed E-state index contributed by atoms with van der Waals surface area (Å²) in [6, 6.07) is 16.9. The van der Waals surface area contributed by atoms with E-state index in [1.54, 1.807) is 6.33 Å². The minimum atomic E-state index is -0.123. The number of carbonyl (C=O) groups is 1. The first-order chi connectivity index (χ1) is 16.7. The van der Waals surface area contributed by atoms with Gasteiger partial charge in [0.2, 0.25) is 0 Å². The largest absolute Gasteiger partial charge is 0.457 e. The Labute approximate surface area is 197 Å². The number of benzene rings is 2. The van der Waals surface area contributed by atoms with Gasteiger partial charge in [-0.25, -0.2) is 14.8 Å². The molecule has 0 fully saturated rings. The van der Waals surface area contributed by atoms with Crippen LogP contribution in [0.4, 0.5) is 10.5 Å². The van der Waals surface area contributed by atoms with E-state index in [-0.39, 0.29) is 6.03 Å². The number of hydrogen-bond acceptors (Lipinski definition) is 4. The number of amides is 2. The van der Waals surface area contributed by atoms with Crippen molar-refractivity contribution in [3.05, 3.63) is 84.0 Å². The average molecular weight is 452 g/mol. The van der Waals surface area contributed by atoms with Gasteiger partial charge in [-0.05, 0) is 61.1 Å². The van der Waals surface area contributed by atoms with Crippen LogP contribution in [0, 0.1) is 0 Å². The van der Waals surface area contributed by atoms with Crippen LogP contribution < -0.4 is 10.1 Å². The molecular formula is C27H25N5O2. The molecule has 4 aromatic rings. The van der Waals surface area contributed by atoms with Gasteiger partial charge in [0.1, 0.15) is 23.5 Å². The number of aromatic nitrogens is 3. The molecule has 0 spiro atoms. The van der Waals surface area contributed by atoms with Crippen molar-refractivity contribution in [3.8, 4) is 11.5 Å². The molecule has 2 aliphatic rings. The van der Waals surface area contributed by atoms with Crippen LogP contribution >= 0.6 is 0 Å². The molecule has 1 aliphatic heterocycles. The SMILES string of the molecule is O=C(Nc1cccc(Oc2ccccc2)c1)N1CC=C(c2ncnc3[nH]c4c(c23)CCC4)CC1. The van der Waals surface area contributed by atoms with E-state index in [1.807, 2.05) is 59.5 Å². The Bertz CT molecular complexity index is 1390. The van der Waals surface area contributed by atoms with Gasteiger partial charge in [0.25, 0.3) is 0 Å². The molecule has 0 saturated carbocycles. The lowest BCUT2D eigenvalue weighted by Gasteiger charge is -2.27. The molecule has 170 valence electrons. The van der Waals surface area contributed by atoms with Gasteiger partial charge in [-0.1, -0.05) is 30.3 Å². The fourth-order valence-electron chi connectivity index (χ4n) is 4.84. The van der Waals surface area contributed by atoms with Gasteiger partial charge in [0.15, 0.2) is 0 Å². The van der Waals surface area contributed by atoms with E-state index >= 15 is 0 Å². The zero-order valence-corrected chi connectivity index (χ0v) is 18.8. The van der Waals surface area contributed by atoms with Crippen LogP contribution in [0.3, 0.4) is 0 Å². The highest BCUT2D eigenvalue weighted by Gasteiger charge is 2.24. The van der Waals surface area contributed by atoms with E-state index in [9.17, 15) is 4.79 Å². The Morgan fingerprint density at radius 3 is 2.74 bits per heavy atom. The van der Waals surface area contributed by atoms with Gasteiger partial charge in [-0.15, -0.1) is 0 Å². The molecule has 2 amide bonds. The first-order valence-corrected chi connectivity index (χ1v) is 11.7. The first kappa shape index (κ1) is 20.5. The summed E-state index contributed by atoms with van der Waals surface area (Å²) in [5.41, 5.74) is 6.48. The van der Waals surface area contributed by atoms with Crippen LogP contribution in [0.1, 0.15) is 29.8 Å². The minimum absolute atomic E-state index is 0.123. The number of nitrogens with zero attached hydrogens (tertiary/aromatic N) is 3. The maximum absolute atomic E-state index is 12.9. The number of ether oxygens (including phenoxy) is 1. The van der Waals surface area contributed by atoms with Crippen molar-refractivity contribution in [2.24, 2.45) is 0 Å². The normalized spacial score (nSPS) is 15.2. The molecule has 7 nitrogen and oxygen atoms in total. The highest BCUT2D eigenvalue weighted by molar-refractivity contribution is 5.94. The number of rotatable bonds is 4. The standard InChI is InChI=1S/C27H25N5O2/c33-27(30-19-6-4-9-21(16-19)34-20-7-2-1-3-8-20)32-14-12-18(13-15-32)25-24-22-10-5-11-23(22)31-26(24)29-17-28-25/h1-4,6-9,12,16-17H,5,10-11,13-15H2,(H,30,33)(H,28,29,31). The summed E-state index contributed by atoms with van der Waals surface area (Å²) >= 11 is 0. The number of fused-ring (bicyclic) bond motifs is 3. The van der Waals surface area contributed by atoms with Crippen LogP contribution in [-0.4, -0.2) is 39.0 Å². The fraction of sp³-hybridized carbons (Fsp3) is 0.222. The number of H-pyrrole nitrogens is 1. The summed E-state index contributed by atoms with van der Waals surface area (Å²) in [7, 11) is 0. The third-order valence-corrected chi connectivity index (χ3v) is 6.50. The predicted molar refractivity (Wildman–Crippen MR) is 132 cm³/mol. The topological polar surface area (TPSA) is 83.1 Å². The van der Waals surface area contributed by atoms with Crippen LogP contribution in [-0.2, 0) is 12.8 Å². The molecule has 2 aromatic carbocycles. The first-order valence-electron chi connectivity index (χ1n) is 11.7. The lowest BCUT2D eigenvalue weighted by Crippen LogP contribution is -2.37. The maximum Gasteiger partial charge on any atom is 0.322 e. The zero-order valence-electron chi connectivity index (χ0n) is 18.8. The lowest BCUT2D eigenvalue weighted by molar-refractivity contribution is 0.217. The number of anilines is 1. The van der Waals surface area contributed by atoms with E-state index in [0.717, 1.165) is 41.7 Å². The second kappa shape index (κ2) is 8.67. The van der Waals surface area contributed by atoms with Crippen molar-refractivity contribution >= 4 is 28.3 Å². The number of urea groups is 1. The fourth-order valence-corrected chi connectivity index (χ4v) is 4.84. The molecule has 7 heteroatoms. The number of nitrogens with one attached hydrogen (secondary N) is 2. The highest BCUT2D eigenvalue weighted by atomic mass is 16.5. The summed E-state index contributed by atoms with van der Waals surface area (Å²) in [4.78, 5) is 27.3. The molecule has 1 aliphatic carbocycles.